The topological polar surface area (TPSA) is 79.4 Å². The minimum atomic E-state index is -4.15. The second-order valence-electron chi connectivity index (χ2n) is 5.97. The number of nitrogens with zero attached hydrogens (tertiary/aromatic N) is 2. The minimum Gasteiger partial charge on any atom is -0.333 e. The fourth-order valence-electron chi connectivity index (χ4n) is 2.51. The molecule has 1 heterocycles. The van der Waals surface area contributed by atoms with Gasteiger partial charge in [0, 0.05) is 18.9 Å². The zero-order valence-corrected chi connectivity index (χ0v) is 15.6. The van der Waals surface area contributed by atoms with Crippen LogP contribution in [-0.2, 0) is 23.1 Å². The molecule has 0 aliphatic heterocycles. The van der Waals surface area contributed by atoms with E-state index in [2.05, 4.69) is 10.3 Å². The second-order valence-corrected chi connectivity index (χ2v) is 7.83. The summed E-state index contributed by atoms with van der Waals surface area (Å²) in [5.74, 6) is -0.445. The van der Waals surface area contributed by atoms with Gasteiger partial charge in [0.25, 0.3) is 10.0 Å². The maximum atomic E-state index is 13.2. The van der Waals surface area contributed by atoms with Crippen molar-refractivity contribution in [2.45, 2.75) is 18.0 Å². The van der Waals surface area contributed by atoms with E-state index in [-0.39, 0.29) is 18.0 Å². The van der Waals surface area contributed by atoms with Gasteiger partial charge in [0.2, 0.25) is 0 Å². The Bertz CT molecular complexity index is 1030. The van der Waals surface area contributed by atoms with Gasteiger partial charge in [-0.2, -0.15) is 0 Å². The molecule has 8 heteroatoms. The maximum absolute atomic E-state index is 13.2. The summed E-state index contributed by atoms with van der Waals surface area (Å²) in [6, 6.07) is 16.5. The van der Waals surface area contributed by atoms with Crippen molar-refractivity contribution in [1.82, 2.24) is 14.6 Å². The number of aromatic nitrogens is 1. The normalized spacial score (nSPS) is 11.0. The zero-order chi connectivity index (χ0) is 20.0. The number of carbonyl (C=O) groups excluding carboxylic acids is 1. The van der Waals surface area contributed by atoms with E-state index in [0.29, 0.717) is 5.56 Å². The van der Waals surface area contributed by atoms with Crippen molar-refractivity contribution in [2.75, 3.05) is 0 Å². The van der Waals surface area contributed by atoms with Crippen LogP contribution in [0.25, 0.3) is 0 Å². The summed E-state index contributed by atoms with van der Waals surface area (Å²) in [5, 5.41) is 2.62. The number of hydrogen-bond donors (Lipinski definition) is 1. The Hall–Kier alpha value is -3.26. The number of nitrogens with one attached hydrogen (secondary N) is 1. The van der Waals surface area contributed by atoms with E-state index >= 15 is 0 Å². The molecule has 0 radical (unpaired) electrons. The highest BCUT2D eigenvalue weighted by Crippen LogP contribution is 2.18. The Morgan fingerprint density at radius 3 is 2.32 bits per heavy atom. The first kappa shape index (κ1) is 19.5. The summed E-state index contributed by atoms with van der Waals surface area (Å²) in [6.45, 7) is -0.0692. The molecule has 0 unspecified atom stereocenters. The molecule has 0 bridgehead atoms. The molecule has 6 nitrogen and oxygen atoms in total. The molecule has 0 spiro atoms. The Labute approximate surface area is 162 Å². The fourth-order valence-corrected chi connectivity index (χ4v) is 3.81. The number of hydrogen-bond acceptors (Lipinski definition) is 4. The summed E-state index contributed by atoms with van der Waals surface area (Å²) < 4.78 is 39.9. The molecule has 1 aromatic heterocycles. The number of carbonyl (C=O) groups is 1. The third-order valence-corrected chi connectivity index (χ3v) is 5.69. The van der Waals surface area contributed by atoms with Gasteiger partial charge in [-0.15, -0.1) is 0 Å². The van der Waals surface area contributed by atoms with Crippen LogP contribution in [0.5, 0.6) is 0 Å². The molecule has 0 aliphatic carbocycles. The lowest BCUT2D eigenvalue weighted by Gasteiger charge is -2.23. The number of pyridine rings is 1. The van der Waals surface area contributed by atoms with Gasteiger partial charge < -0.3 is 5.32 Å². The minimum absolute atomic E-state index is 0.105. The monoisotopic (exact) mass is 399 g/mol. The van der Waals surface area contributed by atoms with Crippen molar-refractivity contribution in [3.05, 3.63) is 96.1 Å². The summed E-state index contributed by atoms with van der Waals surface area (Å²) in [4.78, 5) is 16.5. The molecule has 1 N–H and O–H groups in total. The number of benzene rings is 2. The van der Waals surface area contributed by atoms with Crippen LogP contribution < -0.4 is 5.32 Å². The molecule has 0 saturated heterocycles. The van der Waals surface area contributed by atoms with Crippen molar-refractivity contribution < 1.29 is 17.6 Å². The average Bonchev–Trinajstić information content (AvgIpc) is 2.73. The lowest BCUT2D eigenvalue weighted by molar-refractivity contribution is 0.221. The van der Waals surface area contributed by atoms with Gasteiger partial charge in [-0.1, -0.05) is 42.5 Å². The van der Waals surface area contributed by atoms with E-state index in [1.54, 1.807) is 0 Å². The SMILES string of the molecule is O=C(NCc1ccccc1)N(Cc1ccc(F)cc1)S(=O)(=O)c1cccnc1. The number of rotatable bonds is 6. The van der Waals surface area contributed by atoms with Crippen molar-refractivity contribution in [2.24, 2.45) is 0 Å². The summed E-state index contributed by atoms with van der Waals surface area (Å²) in [5.41, 5.74) is 1.31. The Morgan fingerprint density at radius 2 is 1.68 bits per heavy atom. The van der Waals surface area contributed by atoms with E-state index in [1.165, 1.54) is 48.8 Å². The highest BCUT2D eigenvalue weighted by Gasteiger charge is 2.29. The number of halogens is 1. The van der Waals surface area contributed by atoms with Crippen LogP contribution in [0.15, 0.2) is 84.0 Å². The zero-order valence-electron chi connectivity index (χ0n) is 14.8. The molecule has 28 heavy (non-hydrogen) atoms. The van der Waals surface area contributed by atoms with Gasteiger partial charge in [0.15, 0.2) is 0 Å². The average molecular weight is 399 g/mol. The molecule has 0 saturated carbocycles. The summed E-state index contributed by atoms with van der Waals surface area (Å²) >= 11 is 0. The van der Waals surface area contributed by atoms with Crippen LogP contribution in [0.1, 0.15) is 11.1 Å². The largest absolute Gasteiger partial charge is 0.333 e. The van der Waals surface area contributed by atoms with E-state index in [4.69, 9.17) is 0 Å². The molecule has 144 valence electrons. The molecular weight excluding hydrogens is 381 g/mol. The number of urea groups is 1. The van der Waals surface area contributed by atoms with Gasteiger partial charge in [0.1, 0.15) is 10.7 Å². The first-order chi connectivity index (χ1) is 13.5. The highest BCUT2D eigenvalue weighted by atomic mass is 32.2. The highest BCUT2D eigenvalue weighted by molar-refractivity contribution is 7.89. The van der Waals surface area contributed by atoms with E-state index in [0.717, 1.165) is 9.87 Å². The van der Waals surface area contributed by atoms with Crippen molar-refractivity contribution in [1.29, 1.82) is 0 Å². The number of amides is 2. The maximum Gasteiger partial charge on any atom is 0.331 e. The molecule has 2 aromatic carbocycles. The van der Waals surface area contributed by atoms with Crippen molar-refractivity contribution in [3.8, 4) is 0 Å². The first-order valence-electron chi connectivity index (χ1n) is 8.46. The molecule has 2 amide bonds. The Kier molecular flexibility index (Phi) is 6.00. The van der Waals surface area contributed by atoms with Gasteiger partial charge in [-0.25, -0.2) is 21.9 Å². The fraction of sp³-hybridized carbons (Fsp3) is 0.100. The van der Waals surface area contributed by atoms with Crippen LogP contribution in [0.2, 0.25) is 0 Å². The van der Waals surface area contributed by atoms with E-state index < -0.39 is 21.9 Å². The van der Waals surface area contributed by atoms with Crippen LogP contribution in [0, 0.1) is 5.82 Å². The van der Waals surface area contributed by atoms with E-state index in [1.807, 2.05) is 30.3 Å². The van der Waals surface area contributed by atoms with Crippen molar-refractivity contribution in [3.63, 3.8) is 0 Å². The summed E-state index contributed by atoms with van der Waals surface area (Å²) in [6.07, 6.45) is 2.62. The van der Waals surface area contributed by atoms with Gasteiger partial charge in [0.05, 0.1) is 6.54 Å². The van der Waals surface area contributed by atoms with Crippen molar-refractivity contribution >= 4 is 16.1 Å². The predicted molar refractivity (Wildman–Crippen MR) is 102 cm³/mol. The first-order valence-corrected chi connectivity index (χ1v) is 9.90. The van der Waals surface area contributed by atoms with Crippen LogP contribution in [-0.4, -0.2) is 23.7 Å². The lowest BCUT2D eigenvalue weighted by Crippen LogP contribution is -2.43. The van der Waals surface area contributed by atoms with Crippen LogP contribution in [0.4, 0.5) is 9.18 Å². The predicted octanol–water partition coefficient (Wildman–Crippen LogP) is 3.32. The summed E-state index contributed by atoms with van der Waals surface area (Å²) in [7, 11) is -4.15. The number of sulfonamides is 1. The van der Waals surface area contributed by atoms with Gasteiger partial charge in [-0.05, 0) is 35.4 Å². The lowest BCUT2D eigenvalue weighted by atomic mass is 10.2. The molecule has 0 aliphatic rings. The van der Waals surface area contributed by atoms with Crippen LogP contribution in [0.3, 0.4) is 0 Å². The quantitative estimate of drug-likeness (QED) is 0.690. The molecule has 3 rings (SSSR count). The molecule has 3 aromatic rings. The smallest absolute Gasteiger partial charge is 0.331 e. The van der Waals surface area contributed by atoms with E-state index in [9.17, 15) is 17.6 Å². The third-order valence-electron chi connectivity index (χ3n) is 3.97. The Morgan fingerprint density at radius 1 is 0.964 bits per heavy atom. The molecule has 0 atom stereocenters. The Balaban J connectivity index is 1.87. The standard InChI is InChI=1S/C20H18FN3O3S/c21-18-10-8-17(9-11-18)15-24(28(26,27)19-7-4-12-22-14-19)20(25)23-13-16-5-2-1-3-6-16/h1-12,14H,13,15H2,(H,23,25). The second kappa shape index (κ2) is 8.62. The van der Waals surface area contributed by atoms with Crippen LogP contribution >= 0.6 is 0 Å². The third kappa shape index (κ3) is 4.72. The van der Waals surface area contributed by atoms with Gasteiger partial charge in [-0.3, -0.25) is 4.98 Å². The molecular formula is C20H18FN3O3S. The van der Waals surface area contributed by atoms with Gasteiger partial charge >= 0.3 is 6.03 Å². The molecule has 0 fully saturated rings.